The molecule has 0 unspecified atom stereocenters. The van der Waals surface area contributed by atoms with Crippen molar-refractivity contribution in [3.05, 3.63) is 130 Å². The van der Waals surface area contributed by atoms with Crippen LogP contribution in [0.1, 0.15) is 30.0 Å². The standard InChI is InChI=1S/C35H37FN4O7S/c1-4-20-37-35(42)33(21-26-8-6-5-7-9-26)38(23-27-11-13-28(36)14-12-27)34(41)24-39(29-15-17-30(47-3)18-16-29)48(45,46)31-19-10-25(2)32(22-31)40(43)44/h5-19,22,33H,4,20-21,23-24H2,1-3H3,(H,37,42)/t33-/m0/s1. The van der Waals surface area contributed by atoms with Gasteiger partial charge in [0.05, 0.1) is 22.6 Å². The Bertz CT molecular complexity index is 1840. The zero-order chi connectivity index (χ0) is 34.8. The number of nitro benzene ring substituents is 1. The van der Waals surface area contributed by atoms with Crippen LogP contribution in [0.25, 0.3) is 0 Å². The van der Waals surface area contributed by atoms with Crippen molar-refractivity contribution in [1.29, 1.82) is 0 Å². The summed E-state index contributed by atoms with van der Waals surface area (Å²) in [7, 11) is -3.14. The maximum absolute atomic E-state index is 14.5. The second-order valence-corrected chi connectivity index (χ2v) is 12.9. The van der Waals surface area contributed by atoms with Crippen molar-refractivity contribution in [3.63, 3.8) is 0 Å². The van der Waals surface area contributed by atoms with Crippen molar-refractivity contribution in [2.75, 3.05) is 24.5 Å². The molecule has 0 aliphatic carbocycles. The molecule has 0 fully saturated rings. The SMILES string of the molecule is CCCNC(=O)[C@H](Cc1ccccc1)N(Cc1ccc(F)cc1)C(=O)CN(c1ccc(OC)cc1)S(=O)(=O)c1ccc(C)c([N+](=O)[O-])c1. The number of halogens is 1. The highest BCUT2D eigenvalue weighted by atomic mass is 32.2. The molecule has 0 spiro atoms. The minimum Gasteiger partial charge on any atom is -0.497 e. The number of carbonyl (C=O) groups is 2. The molecule has 48 heavy (non-hydrogen) atoms. The van der Waals surface area contributed by atoms with Gasteiger partial charge in [0.1, 0.15) is 24.2 Å². The fraction of sp³-hybridized carbons (Fsp3) is 0.257. The first kappa shape index (κ1) is 35.6. The van der Waals surface area contributed by atoms with Crippen LogP contribution in [-0.4, -0.2) is 56.3 Å². The third kappa shape index (κ3) is 8.73. The van der Waals surface area contributed by atoms with Crippen molar-refractivity contribution >= 4 is 33.2 Å². The summed E-state index contributed by atoms with van der Waals surface area (Å²) in [6.07, 6.45) is 0.755. The summed E-state index contributed by atoms with van der Waals surface area (Å²) in [4.78, 5) is 40.1. The quantitative estimate of drug-likeness (QED) is 0.131. The molecule has 4 aromatic carbocycles. The molecular formula is C35H37FN4O7S. The Morgan fingerprint density at radius 1 is 0.958 bits per heavy atom. The predicted octanol–water partition coefficient (Wildman–Crippen LogP) is 5.41. The smallest absolute Gasteiger partial charge is 0.273 e. The molecule has 0 aliphatic rings. The fourth-order valence-electron chi connectivity index (χ4n) is 5.06. The fourth-order valence-corrected chi connectivity index (χ4v) is 6.49. The third-order valence-corrected chi connectivity index (χ3v) is 9.46. The van der Waals surface area contributed by atoms with E-state index in [2.05, 4.69) is 5.32 Å². The highest BCUT2D eigenvalue weighted by Crippen LogP contribution is 2.30. The number of ether oxygens (including phenoxy) is 1. The molecule has 0 aromatic heterocycles. The summed E-state index contributed by atoms with van der Waals surface area (Å²) in [5, 5.41) is 14.6. The Balaban J connectivity index is 1.83. The molecule has 1 N–H and O–H groups in total. The van der Waals surface area contributed by atoms with Crippen LogP contribution in [0.2, 0.25) is 0 Å². The number of nitro groups is 1. The van der Waals surface area contributed by atoms with E-state index in [-0.39, 0.29) is 24.2 Å². The second-order valence-electron chi connectivity index (χ2n) is 11.1. The van der Waals surface area contributed by atoms with Gasteiger partial charge in [-0.25, -0.2) is 12.8 Å². The molecule has 0 heterocycles. The van der Waals surface area contributed by atoms with Gasteiger partial charge in [0.2, 0.25) is 11.8 Å². The van der Waals surface area contributed by atoms with E-state index in [0.29, 0.717) is 24.3 Å². The Morgan fingerprint density at radius 3 is 2.23 bits per heavy atom. The van der Waals surface area contributed by atoms with Gasteiger partial charge in [-0.05, 0) is 66.9 Å². The van der Waals surface area contributed by atoms with E-state index in [4.69, 9.17) is 4.74 Å². The molecule has 1 atom stereocenters. The van der Waals surface area contributed by atoms with Gasteiger partial charge in [0.15, 0.2) is 0 Å². The Hall–Kier alpha value is -5.30. The van der Waals surface area contributed by atoms with Crippen LogP contribution in [0.5, 0.6) is 5.75 Å². The summed E-state index contributed by atoms with van der Waals surface area (Å²) in [6.45, 7) is 2.83. The highest BCUT2D eigenvalue weighted by molar-refractivity contribution is 7.92. The zero-order valence-electron chi connectivity index (χ0n) is 26.8. The average molecular weight is 677 g/mol. The molecule has 0 aliphatic heterocycles. The van der Waals surface area contributed by atoms with Crippen molar-refractivity contribution in [3.8, 4) is 5.75 Å². The van der Waals surface area contributed by atoms with Crippen LogP contribution in [0, 0.1) is 22.9 Å². The summed E-state index contributed by atoms with van der Waals surface area (Å²) in [5.74, 6) is -1.22. The minimum absolute atomic E-state index is 0.0872. The highest BCUT2D eigenvalue weighted by Gasteiger charge is 2.35. The average Bonchev–Trinajstić information content (AvgIpc) is 3.08. The van der Waals surface area contributed by atoms with E-state index in [1.807, 2.05) is 25.1 Å². The van der Waals surface area contributed by atoms with Crippen LogP contribution >= 0.6 is 0 Å². The first-order valence-electron chi connectivity index (χ1n) is 15.2. The van der Waals surface area contributed by atoms with Crippen molar-refractivity contribution in [2.24, 2.45) is 0 Å². The van der Waals surface area contributed by atoms with Gasteiger partial charge < -0.3 is 15.0 Å². The lowest BCUT2D eigenvalue weighted by Crippen LogP contribution is -2.53. The van der Waals surface area contributed by atoms with E-state index < -0.39 is 55.7 Å². The van der Waals surface area contributed by atoms with Crippen LogP contribution < -0.4 is 14.4 Å². The number of anilines is 1. The van der Waals surface area contributed by atoms with Crippen molar-refractivity contribution in [1.82, 2.24) is 10.2 Å². The van der Waals surface area contributed by atoms with E-state index >= 15 is 0 Å². The van der Waals surface area contributed by atoms with Gasteiger partial charge in [-0.15, -0.1) is 0 Å². The van der Waals surface area contributed by atoms with Crippen LogP contribution in [-0.2, 0) is 32.6 Å². The van der Waals surface area contributed by atoms with Gasteiger partial charge in [-0.3, -0.25) is 24.0 Å². The molecule has 4 rings (SSSR count). The Kier molecular flexibility index (Phi) is 11.9. The minimum atomic E-state index is -4.58. The summed E-state index contributed by atoms with van der Waals surface area (Å²) >= 11 is 0. The van der Waals surface area contributed by atoms with Crippen LogP contribution in [0.15, 0.2) is 102 Å². The van der Waals surface area contributed by atoms with Gasteiger partial charge in [-0.1, -0.05) is 55.5 Å². The number of hydrogen-bond acceptors (Lipinski definition) is 7. The third-order valence-electron chi connectivity index (χ3n) is 7.69. The molecule has 0 saturated heterocycles. The topological polar surface area (TPSA) is 139 Å². The molecule has 13 heteroatoms. The lowest BCUT2D eigenvalue weighted by molar-refractivity contribution is -0.385. The zero-order valence-corrected chi connectivity index (χ0v) is 27.7. The Labute approximate surface area is 279 Å². The number of hydrogen-bond donors (Lipinski definition) is 1. The number of sulfonamides is 1. The molecule has 252 valence electrons. The summed E-state index contributed by atoms with van der Waals surface area (Å²) < 4.78 is 48.4. The van der Waals surface area contributed by atoms with E-state index in [9.17, 15) is 32.5 Å². The van der Waals surface area contributed by atoms with Crippen molar-refractivity contribution in [2.45, 2.75) is 44.2 Å². The maximum atomic E-state index is 14.5. The first-order valence-corrected chi connectivity index (χ1v) is 16.7. The molecule has 2 amide bonds. The number of benzene rings is 4. The predicted molar refractivity (Wildman–Crippen MR) is 180 cm³/mol. The normalized spacial score (nSPS) is 11.8. The number of amides is 2. The summed E-state index contributed by atoms with van der Waals surface area (Å²) in [5.41, 5.74) is 1.23. The van der Waals surface area contributed by atoms with E-state index in [1.54, 1.807) is 12.1 Å². The van der Waals surface area contributed by atoms with Crippen LogP contribution in [0.4, 0.5) is 15.8 Å². The number of carbonyl (C=O) groups excluding carboxylic acids is 2. The van der Waals surface area contributed by atoms with Gasteiger partial charge >= 0.3 is 0 Å². The largest absolute Gasteiger partial charge is 0.497 e. The number of rotatable bonds is 15. The number of aryl methyl sites for hydroxylation is 1. The molecule has 11 nitrogen and oxygen atoms in total. The molecule has 0 bridgehead atoms. The molecular weight excluding hydrogens is 639 g/mol. The van der Waals surface area contributed by atoms with Gasteiger partial charge in [0, 0.05) is 31.1 Å². The maximum Gasteiger partial charge on any atom is 0.273 e. The lowest BCUT2D eigenvalue weighted by Gasteiger charge is -2.34. The number of methoxy groups -OCH3 is 1. The van der Waals surface area contributed by atoms with Gasteiger partial charge in [0.25, 0.3) is 15.7 Å². The number of nitrogens with zero attached hydrogens (tertiary/aromatic N) is 3. The monoisotopic (exact) mass is 676 g/mol. The lowest BCUT2D eigenvalue weighted by atomic mass is 10.0. The van der Waals surface area contributed by atoms with E-state index in [0.717, 1.165) is 15.9 Å². The second kappa shape index (κ2) is 16.0. The Morgan fingerprint density at radius 2 is 1.62 bits per heavy atom. The number of nitrogens with one attached hydrogen (secondary N) is 1. The molecule has 4 aromatic rings. The van der Waals surface area contributed by atoms with Gasteiger partial charge in [-0.2, -0.15) is 0 Å². The van der Waals surface area contributed by atoms with Crippen molar-refractivity contribution < 1.29 is 32.1 Å². The molecule has 0 saturated carbocycles. The summed E-state index contributed by atoms with van der Waals surface area (Å²) in [6, 6.07) is 22.9. The van der Waals surface area contributed by atoms with E-state index in [1.165, 1.54) is 79.6 Å². The van der Waals surface area contributed by atoms with Crippen LogP contribution in [0.3, 0.4) is 0 Å². The first-order chi connectivity index (χ1) is 22.9. The molecule has 0 radical (unpaired) electrons.